The summed E-state index contributed by atoms with van der Waals surface area (Å²) < 4.78 is 0. The lowest BCUT2D eigenvalue weighted by atomic mass is 10.1. The molecule has 0 fully saturated rings. The minimum Gasteiger partial charge on any atom is -0.326 e. The number of hydrogen-bond acceptors (Lipinski definition) is 3. The zero-order valence-electron chi connectivity index (χ0n) is 16.5. The molecule has 2 aromatic rings. The SMILES string of the molecule is Cc1cccc(NC(=O)[C@H](C)SCCCC(=O)Nc2c(C)cccc2C)c1. The zero-order valence-corrected chi connectivity index (χ0v) is 17.3. The third-order valence-electron chi connectivity index (χ3n) is 4.32. The minimum absolute atomic E-state index is 0.00872. The van der Waals surface area contributed by atoms with Crippen LogP contribution < -0.4 is 10.6 Å². The number of benzene rings is 2. The first-order chi connectivity index (χ1) is 12.9. The smallest absolute Gasteiger partial charge is 0.237 e. The predicted molar refractivity (Wildman–Crippen MR) is 116 cm³/mol. The Hall–Kier alpha value is -2.27. The van der Waals surface area contributed by atoms with E-state index >= 15 is 0 Å². The lowest BCUT2D eigenvalue weighted by molar-refractivity contribution is -0.116. The van der Waals surface area contributed by atoms with Crippen LogP contribution in [-0.4, -0.2) is 22.8 Å². The summed E-state index contributed by atoms with van der Waals surface area (Å²) in [6.07, 6.45) is 1.19. The summed E-state index contributed by atoms with van der Waals surface area (Å²) >= 11 is 1.57. The normalized spacial score (nSPS) is 11.7. The van der Waals surface area contributed by atoms with E-state index in [9.17, 15) is 9.59 Å². The first kappa shape index (κ1) is 21.0. The fourth-order valence-electron chi connectivity index (χ4n) is 2.75. The Labute approximate surface area is 166 Å². The van der Waals surface area contributed by atoms with Crippen molar-refractivity contribution < 1.29 is 9.59 Å². The van der Waals surface area contributed by atoms with Crippen molar-refractivity contribution in [3.8, 4) is 0 Å². The maximum Gasteiger partial charge on any atom is 0.237 e. The number of carbonyl (C=O) groups excluding carboxylic acids is 2. The Bertz CT molecular complexity index is 784. The number of nitrogens with one attached hydrogen (secondary N) is 2. The molecule has 0 heterocycles. The van der Waals surface area contributed by atoms with Gasteiger partial charge < -0.3 is 10.6 Å². The average Bonchev–Trinajstić information content (AvgIpc) is 2.62. The summed E-state index contributed by atoms with van der Waals surface area (Å²) in [5.74, 6) is 0.776. The maximum atomic E-state index is 12.3. The minimum atomic E-state index is -0.160. The van der Waals surface area contributed by atoms with Gasteiger partial charge in [-0.15, -0.1) is 11.8 Å². The monoisotopic (exact) mass is 384 g/mol. The second-order valence-corrected chi connectivity index (χ2v) is 8.24. The highest BCUT2D eigenvalue weighted by molar-refractivity contribution is 8.00. The van der Waals surface area contributed by atoms with Crippen LogP contribution in [0.5, 0.6) is 0 Å². The van der Waals surface area contributed by atoms with Crippen LogP contribution in [0.25, 0.3) is 0 Å². The first-order valence-electron chi connectivity index (χ1n) is 9.22. The molecule has 0 aliphatic rings. The second-order valence-electron chi connectivity index (χ2n) is 6.79. The first-order valence-corrected chi connectivity index (χ1v) is 10.3. The van der Waals surface area contributed by atoms with Gasteiger partial charge in [0.1, 0.15) is 0 Å². The summed E-state index contributed by atoms with van der Waals surface area (Å²) in [4.78, 5) is 24.4. The number of para-hydroxylation sites is 1. The topological polar surface area (TPSA) is 58.2 Å². The van der Waals surface area contributed by atoms with Crippen LogP contribution in [0.1, 0.15) is 36.5 Å². The molecule has 0 saturated carbocycles. The Balaban J connectivity index is 1.71. The quantitative estimate of drug-likeness (QED) is 0.623. The van der Waals surface area contributed by atoms with Crippen LogP contribution in [0.15, 0.2) is 42.5 Å². The number of anilines is 2. The highest BCUT2D eigenvalue weighted by Gasteiger charge is 2.14. The lowest BCUT2D eigenvalue weighted by Crippen LogP contribution is -2.23. The molecule has 0 spiro atoms. The largest absolute Gasteiger partial charge is 0.326 e. The van der Waals surface area contributed by atoms with E-state index in [4.69, 9.17) is 0 Å². The van der Waals surface area contributed by atoms with Gasteiger partial charge in [-0.3, -0.25) is 9.59 Å². The summed E-state index contributed by atoms with van der Waals surface area (Å²) in [6, 6.07) is 13.7. The van der Waals surface area contributed by atoms with Gasteiger partial charge in [0.2, 0.25) is 11.8 Å². The van der Waals surface area contributed by atoms with E-state index in [1.165, 1.54) is 0 Å². The van der Waals surface area contributed by atoms with Crippen LogP contribution >= 0.6 is 11.8 Å². The number of hydrogen-bond donors (Lipinski definition) is 2. The van der Waals surface area contributed by atoms with Crippen molar-refractivity contribution >= 4 is 35.0 Å². The fraction of sp³-hybridized carbons (Fsp3) is 0.364. The zero-order chi connectivity index (χ0) is 19.8. The van der Waals surface area contributed by atoms with Crippen LogP contribution in [0, 0.1) is 20.8 Å². The molecule has 0 aliphatic carbocycles. The molecule has 2 N–H and O–H groups in total. The molecule has 0 saturated heterocycles. The number of rotatable bonds is 8. The molecule has 4 nitrogen and oxygen atoms in total. The molecule has 144 valence electrons. The van der Waals surface area contributed by atoms with Crippen molar-refractivity contribution in [1.29, 1.82) is 0 Å². The standard InChI is InChI=1S/C22H28N2O2S/c1-15-8-5-11-19(14-15)23-22(26)18(4)27-13-7-12-20(25)24-21-16(2)9-6-10-17(21)3/h5-6,8-11,14,18H,7,12-13H2,1-4H3,(H,23,26)(H,24,25)/t18-/m0/s1. The number of aryl methyl sites for hydroxylation is 3. The molecular formula is C22H28N2O2S. The third kappa shape index (κ3) is 6.75. The molecule has 2 amide bonds. The van der Waals surface area contributed by atoms with Crippen LogP contribution in [0.4, 0.5) is 11.4 Å². The summed E-state index contributed by atoms with van der Waals surface area (Å²) in [6.45, 7) is 7.88. The fourth-order valence-corrected chi connectivity index (χ4v) is 3.62. The van der Waals surface area contributed by atoms with Gasteiger partial charge in [0.05, 0.1) is 5.25 Å². The molecule has 0 radical (unpaired) electrons. The van der Waals surface area contributed by atoms with Crippen molar-refractivity contribution in [3.05, 3.63) is 59.2 Å². The van der Waals surface area contributed by atoms with Gasteiger partial charge in [0.15, 0.2) is 0 Å². The van der Waals surface area contributed by atoms with E-state index in [0.717, 1.165) is 40.2 Å². The van der Waals surface area contributed by atoms with Gasteiger partial charge in [0, 0.05) is 17.8 Å². The molecule has 0 bridgehead atoms. The molecule has 27 heavy (non-hydrogen) atoms. The molecule has 0 aliphatic heterocycles. The molecule has 5 heteroatoms. The van der Waals surface area contributed by atoms with Gasteiger partial charge in [0.25, 0.3) is 0 Å². The van der Waals surface area contributed by atoms with E-state index < -0.39 is 0 Å². The van der Waals surface area contributed by atoms with Crippen molar-refractivity contribution in [1.82, 2.24) is 0 Å². The number of amides is 2. The highest BCUT2D eigenvalue weighted by Crippen LogP contribution is 2.20. The molecular weight excluding hydrogens is 356 g/mol. The van der Waals surface area contributed by atoms with Gasteiger partial charge in [-0.1, -0.05) is 30.3 Å². The van der Waals surface area contributed by atoms with Crippen LogP contribution in [-0.2, 0) is 9.59 Å². The Morgan fingerprint density at radius 1 is 1.00 bits per heavy atom. The van der Waals surface area contributed by atoms with Gasteiger partial charge in [-0.25, -0.2) is 0 Å². The second kappa shape index (κ2) is 10.2. The highest BCUT2D eigenvalue weighted by atomic mass is 32.2. The Kier molecular flexibility index (Phi) is 7.92. The van der Waals surface area contributed by atoms with Crippen LogP contribution in [0.3, 0.4) is 0 Å². The molecule has 0 aromatic heterocycles. The lowest BCUT2D eigenvalue weighted by Gasteiger charge is -2.13. The summed E-state index contributed by atoms with van der Waals surface area (Å²) in [5.41, 5.74) is 4.97. The van der Waals surface area contributed by atoms with Crippen molar-refractivity contribution in [2.75, 3.05) is 16.4 Å². The van der Waals surface area contributed by atoms with E-state index in [1.807, 2.05) is 70.2 Å². The van der Waals surface area contributed by atoms with E-state index in [-0.39, 0.29) is 17.1 Å². The molecule has 2 aromatic carbocycles. The van der Waals surface area contributed by atoms with Crippen LogP contribution in [0.2, 0.25) is 0 Å². The van der Waals surface area contributed by atoms with Crippen molar-refractivity contribution in [2.45, 2.75) is 45.8 Å². The number of thioether (sulfide) groups is 1. The molecule has 1 atom stereocenters. The third-order valence-corrected chi connectivity index (χ3v) is 5.55. The predicted octanol–water partition coefficient (Wildman–Crippen LogP) is 5.09. The van der Waals surface area contributed by atoms with E-state index in [0.29, 0.717) is 6.42 Å². The van der Waals surface area contributed by atoms with Gasteiger partial charge >= 0.3 is 0 Å². The Morgan fingerprint density at radius 3 is 2.33 bits per heavy atom. The maximum absolute atomic E-state index is 12.3. The number of carbonyl (C=O) groups is 2. The van der Waals surface area contributed by atoms with Gasteiger partial charge in [-0.05, 0) is 68.7 Å². The van der Waals surface area contributed by atoms with Gasteiger partial charge in [-0.2, -0.15) is 0 Å². The molecule has 2 rings (SSSR count). The van der Waals surface area contributed by atoms with Crippen molar-refractivity contribution in [2.24, 2.45) is 0 Å². The van der Waals surface area contributed by atoms with E-state index in [2.05, 4.69) is 10.6 Å². The van der Waals surface area contributed by atoms with E-state index in [1.54, 1.807) is 11.8 Å². The Morgan fingerprint density at radius 2 is 1.67 bits per heavy atom. The molecule has 0 unspecified atom stereocenters. The summed E-state index contributed by atoms with van der Waals surface area (Å²) in [5, 5.41) is 5.78. The summed E-state index contributed by atoms with van der Waals surface area (Å²) in [7, 11) is 0. The van der Waals surface area contributed by atoms with Crippen molar-refractivity contribution in [3.63, 3.8) is 0 Å². The average molecular weight is 385 g/mol.